The highest BCUT2D eigenvalue weighted by molar-refractivity contribution is 7.13. The Labute approximate surface area is 80.6 Å². The van der Waals surface area contributed by atoms with Gasteiger partial charge in [0.1, 0.15) is 0 Å². The number of nitrogens with one attached hydrogen (secondary N) is 1. The third-order valence-corrected chi connectivity index (χ3v) is 2.33. The first kappa shape index (κ1) is 9.98. The maximum atomic E-state index is 10.5. The van der Waals surface area contributed by atoms with Gasteiger partial charge in [0, 0.05) is 11.9 Å². The van der Waals surface area contributed by atoms with E-state index in [1.807, 2.05) is 0 Å². The maximum absolute atomic E-state index is 10.5. The first-order valence-corrected chi connectivity index (χ1v) is 5.04. The highest BCUT2D eigenvalue weighted by Crippen LogP contribution is 2.14. The molecule has 1 aromatic rings. The van der Waals surface area contributed by atoms with Crippen molar-refractivity contribution >= 4 is 22.4 Å². The van der Waals surface area contributed by atoms with Crippen LogP contribution in [0.1, 0.15) is 30.3 Å². The molecule has 13 heavy (non-hydrogen) atoms. The summed E-state index contributed by atoms with van der Waals surface area (Å²) in [7, 11) is 0. The average molecular weight is 200 g/mol. The van der Waals surface area contributed by atoms with Gasteiger partial charge in [0.25, 0.3) is 0 Å². The van der Waals surface area contributed by atoms with Crippen molar-refractivity contribution in [1.29, 1.82) is 0 Å². The van der Waals surface area contributed by atoms with Crippen LogP contribution in [-0.4, -0.2) is 22.6 Å². The largest absolute Gasteiger partial charge is 0.476 e. The molecule has 0 aliphatic carbocycles. The zero-order valence-corrected chi connectivity index (χ0v) is 8.23. The molecule has 0 unspecified atom stereocenters. The second-order valence-electron chi connectivity index (χ2n) is 2.62. The molecule has 2 N–H and O–H groups in total. The van der Waals surface area contributed by atoms with Crippen LogP contribution in [0.15, 0.2) is 5.38 Å². The topological polar surface area (TPSA) is 62.2 Å². The minimum Gasteiger partial charge on any atom is -0.476 e. The van der Waals surface area contributed by atoms with Crippen molar-refractivity contribution in [3.63, 3.8) is 0 Å². The molecule has 0 aliphatic heterocycles. The van der Waals surface area contributed by atoms with Crippen LogP contribution < -0.4 is 5.32 Å². The zero-order valence-electron chi connectivity index (χ0n) is 7.41. The molecule has 72 valence electrons. The van der Waals surface area contributed by atoms with Crippen LogP contribution in [0.4, 0.5) is 5.13 Å². The van der Waals surface area contributed by atoms with Crippen molar-refractivity contribution in [3.05, 3.63) is 11.1 Å². The predicted octanol–water partition coefficient (Wildman–Crippen LogP) is 2.05. The summed E-state index contributed by atoms with van der Waals surface area (Å²) >= 11 is 1.33. The summed E-state index contributed by atoms with van der Waals surface area (Å²) in [6.45, 7) is 2.95. The minimum absolute atomic E-state index is 0.115. The van der Waals surface area contributed by atoms with Gasteiger partial charge in [-0.25, -0.2) is 9.78 Å². The normalized spacial score (nSPS) is 9.92. The van der Waals surface area contributed by atoms with Gasteiger partial charge in [-0.3, -0.25) is 0 Å². The van der Waals surface area contributed by atoms with Crippen LogP contribution in [0.5, 0.6) is 0 Å². The molecule has 4 nitrogen and oxygen atoms in total. The number of carbonyl (C=O) groups is 1. The van der Waals surface area contributed by atoms with E-state index in [1.165, 1.54) is 16.7 Å². The second-order valence-corrected chi connectivity index (χ2v) is 3.48. The molecular formula is C8H12N2O2S. The summed E-state index contributed by atoms with van der Waals surface area (Å²) in [4.78, 5) is 14.4. The van der Waals surface area contributed by atoms with E-state index in [0.29, 0.717) is 5.13 Å². The molecule has 0 radical (unpaired) electrons. The molecule has 5 heteroatoms. The number of hydrogen-bond donors (Lipinski definition) is 2. The lowest BCUT2D eigenvalue weighted by molar-refractivity contribution is 0.0691. The van der Waals surface area contributed by atoms with Gasteiger partial charge >= 0.3 is 5.97 Å². The standard InChI is InChI=1S/C8H12N2O2S/c1-2-3-4-9-8-10-6(5-13-8)7(11)12/h5H,2-4H2,1H3,(H,9,10)(H,11,12). The van der Waals surface area contributed by atoms with Gasteiger partial charge in [-0.1, -0.05) is 13.3 Å². The number of unbranched alkanes of at least 4 members (excludes halogenated alkanes) is 1. The van der Waals surface area contributed by atoms with E-state index in [4.69, 9.17) is 5.11 Å². The summed E-state index contributed by atoms with van der Waals surface area (Å²) in [5.74, 6) is -0.972. The molecule has 0 fully saturated rings. The Morgan fingerprint density at radius 1 is 1.77 bits per heavy atom. The maximum Gasteiger partial charge on any atom is 0.355 e. The van der Waals surface area contributed by atoms with Crippen molar-refractivity contribution in [2.24, 2.45) is 0 Å². The van der Waals surface area contributed by atoms with Crippen molar-refractivity contribution < 1.29 is 9.90 Å². The monoisotopic (exact) mass is 200 g/mol. The lowest BCUT2D eigenvalue weighted by Crippen LogP contribution is -2.01. The quantitative estimate of drug-likeness (QED) is 0.714. The molecule has 0 aliphatic rings. The van der Waals surface area contributed by atoms with Crippen molar-refractivity contribution in [2.45, 2.75) is 19.8 Å². The lowest BCUT2D eigenvalue weighted by atomic mass is 10.3. The van der Waals surface area contributed by atoms with E-state index >= 15 is 0 Å². The van der Waals surface area contributed by atoms with Crippen LogP contribution in [0.25, 0.3) is 0 Å². The van der Waals surface area contributed by atoms with E-state index in [1.54, 1.807) is 0 Å². The summed E-state index contributed by atoms with van der Waals surface area (Å²) in [6.07, 6.45) is 2.19. The number of hydrogen-bond acceptors (Lipinski definition) is 4. The lowest BCUT2D eigenvalue weighted by Gasteiger charge is -1.98. The number of anilines is 1. The molecule has 0 amide bonds. The van der Waals surface area contributed by atoms with Crippen LogP contribution >= 0.6 is 11.3 Å². The smallest absolute Gasteiger partial charge is 0.355 e. The number of rotatable bonds is 5. The molecule has 0 saturated carbocycles. The van der Waals surface area contributed by atoms with Gasteiger partial charge in [-0.05, 0) is 6.42 Å². The Balaban J connectivity index is 2.44. The zero-order chi connectivity index (χ0) is 9.68. The second kappa shape index (κ2) is 4.81. The van der Waals surface area contributed by atoms with Gasteiger partial charge in [0.15, 0.2) is 10.8 Å². The Morgan fingerprint density at radius 3 is 3.08 bits per heavy atom. The fourth-order valence-electron chi connectivity index (χ4n) is 0.825. The summed E-state index contributed by atoms with van der Waals surface area (Å²) in [5, 5.41) is 13.9. The number of aromatic nitrogens is 1. The van der Waals surface area contributed by atoms with Crippen LogP contribution in [-0.2, 0) is 0 Å². The minimum atomic E-state index is -0.972. The Hall–Kier alpha value is -1.10. The molecule has 1 heterocycles. The number of carboxylic acid groups (broad SMARTS) is 1. The fraction of sp³-hybridized carbons (Fsp3) is 0.500. The summed E-state index contributed by atoms with van der Waals surface area (Å²) in [5.41, 5.74) is 0.115. The summed E-state index contributed by atoms with van der Waals surface area (Å²) < 4.78 is 0. The Bertz CT molecular complexity index is 285. The number of aromatic carboxylic acids is 1. The number of thiazole rings is 1. The van der Waals surface area contributed by atoms with E-state index in [2.05, 4.69) is 17.2 Å². The molecule has 0 bridgehead atoms. The Morgan fingerprint density at radius 2 is 2.54 bits per heavy atom. The molecular weight excluding hydrogens is 188 g/mol. The molecule has 0 aromatic carbocycles. The molecule has 0 atom stereocenters. The van der Waals surface area contributed by atoms with Crippen LogP contribution in [0, 0.1) is 0 Å². The third-order valence-electron chi connectivity index (χ3n) is 1.53. The van der Waals surface area contributed by atoms with Crippen molar-refractivity contribution in [1.82, 2.24) is 4.98 Å². The summed E-state index contributed by atoms with van der Waals surface area (Å²) in [6, 6.07) is 0. The SMILES string of the molecule is CCCCNc1nc(C(=O)O)cs1. The van der Waals surface area contributed by atoms with E-state index in [9.17, 15) is 4.79 Å². The Kier molecular flexibility index (Phi) is 3.70. The average Bonchev–Trinajstić information content (AvgIpc) is 2.53. The van der Waals surface area contributed by atoms with Gasteiger partial charge in [0.05, 0.1) is 0 Å². The molecule has 0 saturated heterocycles. The van der Waals surface area contributed by atoms with E-state index < -0.39 is 5.97 Å². The molecule has 0 spiro atoms. The van der Waals surface area contributed by atoms with Crippen molar-refractivity contribution in [2.75, 3.05) is 11.9 Å². The number of nitrogens with zero attached hydrogens (tertiary/aromatic N) is 1. The van der Waals surface area contributed by atoms with Crippen LogP contribution in [0.2, 0.25) is 0 Å². The van der Waals surface area contributed by atoms with Gasteiger partial charge < -0.3 is 10.4 Å². The molecule has 1 aromatic heterocycles. The van der Waals surface area contributed by atoms with E-state index in [0.717, 1.165) is 19.4 Å². The molecule has 1 rings (SSSR count). The van der Waals surface area contributed by atoms with E-state index in [-0.39, 0.29) is 5.69 Å². The fourth-order valence-corrected chi connectivity index (χ4v) is 1.54. The van der Waals surface area contributed by atoms with Gasteiger partial charge in [0.2, 0.25) is 0 Å². The number of carboxylic acids is 1. The highest BCUT2D eigenvalue weighted by atomic mass is 32.1. The third kappa shape index (κ3) is 3.02. The first-order valence-electron chi connectivity index (χ1n) is 4.16. The van der Waals surface area contributed by atoms with Crippen LogP contribution in [0.3, 0.4) is 0 Å². The predicted molar refractivity (Wildman–Crippen MR) is 52.5 cm³/mol. The first-order chi connectivity index (χ1) is 6.24. The van der Waals surface area contributed by atoms with Crippen molar-refractivity contribution in [3.8, 4) is 0 Å². The van der Waals surface area contributed by atoms with Gasteiger partial charge in [-0.2, -0.15) is 0 Å². The van der Waals surface area contributed by atoms with Gasteiger partial charge in [-0.15, -0.1) is 11.3 Å². The highest BCUT2D eigenvalue weighted by Gasteiger charge is 2.07.